The highest BCUT2D eigenvalue weighted by molar-refractivity contribution is 8.14. The summed E-state index contributed by atoms with van der Waals surface area (Å²) in [6.45, 7) is 4.08. The molecule has 3 nitrogen and oxygen atoms in total. The van der Waals surface area contributed by atoms with Gasteiger partial charge in [-0.3, -0.25) is 9.69 Å². The van der Waals surface area contributed by atoms with E-state index in [1.807, 2.05) is 31.2 Å². The van der Waals surface area contributed by atoms with Gasteiger partial charge in [-0.05, 0) is 42.7 Å². The van der Waals surface area contributed by atoms with Crippen molar-refractivity contribution in [3.63, 3.8) is 0 Å². The zero-order valence-electron chi connectivity index (χ0n) is 14.4. The summed E-state index contributed by atoms with van der Waals surface area (Å²) in [7, 11) is 0. The van der Waals surface area contributed by atoms with Gasteiger partial charge in [-0.15, -0.1) is 0 Å². The maximum Gasteiger partial charge on any atom is 0.233 e. The lowest BCUT2D eigenvalue weighted by Gasteiger charge is -2.23. The molecule has 0 unspecified atom stereocenters. The molecule has 0 aliphatic carbocycles. The first-order chi connectivity index (χ1) is 12.1. The molecule has 1 saturated heterocycles. The lowest BCUT2D eigenvalue weighted by atomic mass is 10.1. The van der Waals surface area contributed by atoms with Gasteiger partial charge >= 0.3 is 0 Å². The van der Waals surface area contributed by atoms with Crippen molar-refractivity contribution in [3.05, 3.63) is 65.5 Å². The van der Waals surface area contributed by atoms with Crippen molar-refractivity contribution >= 4 is 28.5 Å². The van der Waals surface area contributed by atoms with Gasteiger partial charge in [0.25, 0.3) is 0 Å². The molecule has 130 valence electrons. The second kappa shape index (κ2) is 7.83. The maximum absolute atomic E-state index is 13.9. The van der Waals surface area contributed by atoms with E-state index in [0.29, 0.717) is 10.7 Å². The van der Waals surface area contributed by atoms with Crippen molar-refractivity contribution in [3.8, 4) is 0 Å². The van der Waals surface area contributed by atoms with Crippen LogP contribution in [0.25, 0.3) is 0 Å². The van der Waals surface area contributed by atoms with Crippen LogP contribution in [-0.2, 0) is 11.2 Å². The van der Waals surface area contributed by atoms with Gasteiger partial charge in [0.05, 0.1) is 12.1 Å². The Morgan fingerprint density at radius 3 is 2.80 bits per heavy atom. The number of hydrogen-bond donors (Lipinski definition) is 0. The minimum Gasteiger partial charge on any atom is -0.287 e. The number of carbonyl (C=O) groups is 1. The summed E-state index contributed by atoms with van der Waals surface area (Å²) in [4.78, 5) is 19.3. The Balaban J connectivity index is 1.87. The highest BCUT2D eigenvalue weighted by Crippen LogP contribution is 2.30. The molecule has 1 fully saturated rings. The smallest absolute Gasteiger partial charge is 0.233 e. The molecule has 0 radical (unpaired) electrons. The number of carbonyl (C=O) groups excluding carboxylic acids is 1. The molecule has 2 aromatic rings. The van der Waals surface area contributed by atoms with Crippen LogP contribution in [0.5, 0.6) is 0 Å². The number of benzene rings is 2. The number of amidine groups is 1. The maximum atomic E-state index is 13.9. The molecule has 1 aliphatic rings. The van der Waals surface area contributed by atoms with Crippen molar-refractivity contribution in [1.82, 2.24) is 4.90 Å². The minimum absolute atomic E-state index is 0.0522. The fourth-order valence-corrected chi connectivity index (χ4v) is 4.15. The topological polar surface area (TPSA) is 32.7 Å². The van der Waals surface area contributed by atoms with Crippen LogP contribution in [0, 0.1) is 12.7 Å². The Morgan fingerprint density at radius 2 is 2.08 bits per heavy atom. The van der Waals surface area contributed by atoms with Crippen LogP contribution < -0.4 is 0 Å². The van der Waals surface area contributed by atoms with Gasteiger partial charge < -0.3 is 0 Å². The van der Waals surface area contributed by atoms with Crippen molar-refractivity contribution < 1.29 is 9.18 Å². The SMILES string of the molecule is CC[C@H]1CSC(=Nc2cccc(C)c2)N1C(=O)Cc1ccccc1F. The molecule has 2 aromatic carbocycles. The Hall–Kier alpha value is -2.14. The van der Waals surface area contributed by atoms with Gasteiger partial charge in [-0.25, -0.2) is 9.38 Å². The van der Waals surface area contributed by atoms with E-state index in [1.54, 1.807) is 34.9 Å². The highest BCUT2D eigenvalue weighted by Gasteiger charge is 2.34. The van der Waals surface area contributed by atoms with Gasteiger partial charge in [0.1, 0.15) is 5.82 Å². The summed E-state index contributed by atoms with van der Waals surface area (Å²) >= 11 is 1.59. The second-order valence-electron chi connectivity index (χ2n) is 6.14. The summed E-state index contributed by atoms with van der Waals surface area (Å²) in [6.07, 6.45) is 0.902. The fourth-order valence-electron chi connectivity index (χ4n) is 2.87. The standard InChI is InChI=1S/C20H21FN2OS/c1-3-17-13-25-20(22-16-9-6-7-14(2)11-16)23(17)19(24)12-15-8-4-5-10-18(15)21/h4-11,17H,3,12-13H2,1-2H3/t17-/m0/s1. The van der Waals surface area contributed by atoms with Crippen LogP contribution >= 0.6 is 11.8 Å². The predicted octanol–water partition coefficient (Wildman–Crippen LogP) is 4.72. The zero-order valence-corrected chi connectivity index (χ0v) is 15.2. The van der Waals surface area contributed by atoms with Crippen LogP contribution in [0.15, 0.2) is 53.5 Å². The number of amides is 1. The van der Waals surface area contributed by atoms with Crippen LogP contribution in [0.3, 0.4) is 0 Å². The van der Waals surface area contributed by atoms with Gasteiger partial charge in [0.15, 0.2) is 5.17 Å². The number of thioether (sulfide) groups is 1. The van der Waals surface area contributed by atoms with Crippen LogP contribution in [-0.4, -0.2) is 27.8 Å². The van der Waals surface area contributed by atoms with Crippen molar-refractivity contribution in [2.24, 2.45) is 4.99 Å². The third-order valence-corrected chi connectivity index (χ3v) is 5.34. The normalized spacial score (nSPS) is 18.8. The Kier molecular flexibility index (Phi) is 5.53. The molecular formula is C20H21FN2OS. The summed E-state index contributed by atoms with van der Waals surface area (Å²) < 4.78 is 13.9. The van der Waals surface area contributed by atoms with Crippen molar-refractivity contribution in [1.29, 1.82) is 0 Å². The lowest BCUT2D eigenvalue weighted by Crippen LogP contribution is -2.40. The average molecular weight is 356 g/mol. The average Bonchev–Trinajstić information content (AvgIpc) is 2.99. The predicted molar refractivity (Wildman–Crippen MR) is 102 cm³/mol. The van der Waals surface area contributed by atoms with E-state index >= 15 is 0 Å². The molecule has 1 aliphatic heterocycles. The Bertz CT molecular complexity index is 806. The van der Waals surface area contributed by atoms with Gasteiger partial charge in [-0.2, -0.15) is 0 Å². The number of halogens is 1. The molecule has 25 heavy (non-hydrogen) atoms. The summed E-state index contributed by atoms with van der Waals surface area (Å²) in [6, 6.07) is 14.4. The lowest BCUT2D eigenvalue weighted by molar-refractivity contribution is -0.127. The first-order valence-electron chi connectivity index (χ1n) is 8.42. The van der Waals surface area contributed by atoms with Gasteiger partial charge in [0.2, 0.25) is 5.91 Å². The summed E-state index contributed by atoms with van der Waals surface area (Å²) in [5, 5.41) is 0.707. The van der Waals surface area contributed by atoms with E-state index in [-0.39, 0.29) is 24.2 Å². The quantitative estimate of drug-likeness (QED) is 0.794. The van der Waals surface area contributed by atoms with E-state index in [2.05, 4.69) is 11.9 Å². The van der Waals surface area contributed by atoms with Crippen LogP contribution in [0.2, 0.25) is 0 Å². The molecule has 0 bridgehead atoms. The van der Waals surface area contributed by atoms with E-state index < -0.39 is 0 Å². The molecule has 1 amide bonds. The summed E-state index contributed by atoms with van der Waals surface area (Å²) in [5.74, 6) is 0.380. The monoisotopic (exact) mass is 356 g/mol. The molecular weight excluding hydrogens is 335 g/mol. The van der Waals surface area contributed by atoms with Crippen LogP contribution in [0.1, 0.15) is 24.5 Å². The number of rotatable bonds is 4. The Labute approximate surface area is 152 Å². The first kappa shape index (κ1) is 17.7. The molecule has 0 saturated carbocycles. The number of aryl methyl sites for hydroxylation is 1. The first-order valence-corrected chi connectivity index (χ1v) is 9.40. The molecule has 0 N–H and O–H groups in total. The van der Waals surface area contributed by atoms with E-state index in [9.17, 15) is 9.18 Å². The number of nitrogens with zero attached hydrogens (tertiary/aromatic N) is 2. The molecule has 1 atom stereocenters. The van der Waals surface area contributed by atoms with Crippen molar-refractivity contribution in [2.75, 3.05) is 5.75 Å². The van der Waals surface area contributed by atoms with Crippen LogP contribution in [0.4, 0.5) is 10.1 Å². The van der Waals surface area contributed by atoms with E-state index in [1.165, 1.54) is 6.07 Å². The summed E-state index contributed by atoms with van der Waals surface area (Å²) in [5.41, 5.74) is 2.39. The molecule has 0 spiro atoms. The molecule has 5 heteroatoms. The van der Waals surface area contributed by atoms with Gasteiger partial charge in [0, 0.05) is 11.8 Å². The Morgan fingerprint density at radius 1 is 1.28 bits per heavy atom. The van der Waals surface area contributed by atoms with E-state index in [0.717, 1.165) is 23.4 Å². The third-order valence-electron chi connectivity index (χ3n) is 4.24. The number of hydrogen-bond acceptors (Lipinski definition) is 3. The van der Waals surface area contributed by atoms with Gasteiger partial charge in [-0.1, -0.05) is 49.0 Å². The molecule has 1 heterocycles. The minimum atomic E-state index is -0.340. The fraction of sp³-hybridized carbons (Fsp3) is 0.300. The zero-order chi connectivity index (χ0) is 17.8. The molecule has 0 aromatic heterocycles. The number of aliphatic imine (C=N–C) groups is 1. The second-order valence-corrected chi connectivity index (χ2v) is 7.13. The van der Waals surface area contributed by atoms with E-state index in [4.69, 9.17) is 0 Å². The largest absolute Gasteiger partial charge is 0.287 e. The molecule has 3 rings (SSSR count). The van der Waals surface area contributed by atoms with Crippen molar-refractivity contribution in [2.45, 2.75) is 32.7 Å². The third kappa shape index (κ3) is 4.10. The highest BCUT2D eigenvalue weighted by atomic mass is 32.2.